The number of carbonyl (C=O) groups excluding carboxylic acids is 1. The molecule has 0 bridgehead atoms. The van der Waals surface area contributed by atoms with Gasteiger partial charge in [-0.05, 0) is 83.5 Å². The molecule has 104 heavy (non-hydrogen) atoms. The molecule has 3 saturated heterocycles. The summed E-state index contributed by atoms with van der Waals surface area (Å²) in [6.07, 6.45) is 60.1. The second-order valence-corrected chi connectivity index (χ2v) is 29.5. The Labute approximate surface area is 629 Å². The predicted molar refractivity (Wildman–Crippen MR) is 415 cm³/mol. The van der Waals surface area contributed by atoms with Gasteiger partial charge in [-0.25, -0.2) is 0 Å². The highest BCUT2D eigenvalue weighted by Gasteiger charge is 2.54. The van der Waals surface area contributed by atoms with Crippen LogP contribution in [-0.4, -0.2) is 193 Å². The molecule has 0 aromatic carbocycles. The van der Waals surface area contributed by atoms with Crippen LogP contribution in [0.3, 0.4) is 0 Å². The van der Waals surface area contributed by atoms with Gasteiger partial charge in [-0.2, -0.15) is 0 Å². The van der Waals surface area contributed by atoms with Crippen molar-refractivity contribution in [2.24, 2.45) is 0 Å². The summed E-state index contributed by atoms with van der Waals surface area (Å²) in [5.74, 6) is -0.288. The lowest BCUT2D eigenvalue weighted by Crippen LogP contribution is -2.66. The Balaban J connectivity index is 1.38. The highest BCUT2D eigenvalue weighted by atomic mass is 16.8. The number of aliphatic hydroxyl groups is 11. The third kappa shape index (κ3) is 44.0. The molecular formula is C85H151NO18. The average Bonchev–Trinajstić information content (AvgIpc) is 0.781. The van der Waals surface area contributed by atoms with Gasteiger partial charge in [0.15, 0.2) is 18.9 Å². The van der Waals surface area contributed by atoms with Crippen molar-refractivity contribution >= 4 is 5.91 Å². The van der Waals surface area contributed by atoms with E-state index in [2.05, 4.69) is 92.1 Å². The second kappa shape index (κ2) is 64.8. The van der Waals surface area contributed by atoms with Crippen molar-refractivity contribution in [3.05, 3.63) is 85.1 Å². The summed E-state index contributed by atoms with van der Waals surface area (Å²) in [6.45, 7) is 1.63. The number of hydrogen-bond acceptors (Lipinski definition) is 18. The van der Waals surface area contributed by atoms with Crippen LogP contribution in [0, 0.1) is 0 Å². The molecule has 1 amide bonds. The van der Waals surface area contributed by atoms with Crippen molar-refractivity contribution < 1.29 is 89.4 Å². The first kappa shape index (κ1) is 95.2. The van der Waals surface area contributed by atoms with Gasteiger partial charge in [0, 0.05) is 6.42 Å². The van der Waals surface area contributed by atoms with E-state index in [-0.39, 0.29) is 18.9 Å². The molecular weight excluding hydrogens is 1320 g/mol. The number of rotatable bonds is 66. The Hall–Kier alpha value is -3.03. The topological polar surface area (TPSA) is 307 Å². The van der Waals surface area contributed by atoms with E-state index in [0.717, 1.165) is 70.6 Å². The van der Waals surface area contributed by atoms with E-state index in [1.165, 1.54) is 212 Å². The van der Waals surface area contributed by atoms with Crippen molar-refractivity contribution in [1.29, 1.82) is 0 Å². The zero-order valence-electron chi connectivity index (χ0n) is 64.7. The SMILES string of the molecule is CC/C=C\C/C=C\C/C=C\C/C=C\CCCCCCCCCCCCCCCCCCC(=O)NC(COC1OC(CO)C(OC2OC(CO)C(OC3OC(CO)C(O)C(O)C3O)C(O)C2O)C(O)C1O)C(O)/C=C/CC/C=C/CC/C=C/CCCCCCCCCCCCCCCCCCCCCC. The highest BCUT2D eigenvalue weighted by molar-refractivity contribution is 5.76. The Bertz CT molecular complexity index is 2210. The van der Waals surface area contributed by atoms with Crippen LogP contribution < -0.4 is 5.32 Å². The number of allylic oxidation sites excluding steroid dienone is 13. The monoisotopic (exact) mass is 1470 g/mol. The van der Waals surface area contributed by atoms with Gasteiger partial charge in [0.25, 0.3) is 0 Å². The number of hydrogen-bond donors (Lipinski definition) is 12. The molecule has 3 aliphatic rings. The first-order valence-electron chi connectivity index (χ1n) is 41.8. The van der Waals surface area contributed by atoms with Gasteiger partial charge in [-0.15, -0.1) is 0 Å². The molecule has 12 N–H and O–H groups in total. The molecule has 604 valence electrons. The maximum absolute atomic E-state index is 13.5. The summed E-state index contributed by atoms with van der Waals surface area (Å²) in [5, 5.41) is 121. The fourth-order valence-corrected chi connectivity index (χ4v) is 13.7. The van der Waals surface area contributed by atoms with Crippen molar-refractivity contribution in [2.75, 3.05) is 26.4 Å². The summed E-state index contributed by atoms with van der Waals surface area (Å²) in [6, 6.07) is -1.00. The standard InChI is InChI=1S/C85H151NO18/c1-3-5-7-9-11-13-15-17-19-21-23-25-27-29-31-33-35-36-38-40-42-44-46-48-50-52-54-56-58-60-62-69(90)68(86-73(91)63-61-59-57-55-53-51-49-47-45-43-41-39-37-34-32-30-28-26-24-22-20-18-16-14-12-10-8-6-4-2)67-99-83-79(97)76(94)81(71(65-88)101-83)104-85-80(98)77(95)82(72(66-89)102-85)103-84-78(96)75(93)74(92)70(64-87)100-84/h6,8,12,14,18,20,24,26,44,46,52,54,60,62,68-72,74-85,87-90,92-98H,3-5,7,9-11,13,15-17,19,21-23,25,27-43,45,47-51,53,55-59,61,63-67H2,1-2H3,(H,86,91)/b8-6-,14-12-,20-18-,26-24-,46-44+,54-52+,62-60+. The van der Waals surface area contributed by atoms with Crippen LogP contribution >= 0.6 is 0 Å². The average molecular weight is 1480 g/mol. The number of carbonyl (C=O) groups is 1. The van der Waals surface area contributed by atoms with Crippen LogP contribution in [0.2, 0.25) is 0 Å². The number of nitrogens with one attached hydrogen (secondary N) is 1. The summed E-state index contributed by atoms with van der Waals surface area (Å²) in [5.41, 5.74) is 0. The number of aliphatic hydroxyl groups excluding tert-OH is 11. The van der Waals surface area contributed by atoms with Gasteiger partial charge >= 0.3 is 0 Å². The fourth-order valence-electron chi connectivity index (χ4n) is 13.7. The smallest absolute Gasteiger partial charge is 0.220 e. The van der Waals surface area contributed by atoms with Crippen LogP contribution in [-0.2, 0) is 33.2 Å². The van der Waals surface area contributed by atoms with Gasteiger partial charge < -0.3 is 89.9 Å². The quantitative estimate of drug-likeness (QED) is 0.0199. The van der Waals surface area contributed by atoms with Crippen molar-refractivity contribution in [1.82, 2.24) is 5.32 Å². The van der Waals surface area contributed by atoms with Crippen molar-refractivity contribution in [2.45, 2.75) is 420 Å². The third-order valence-electron chi connectivity index (χ3n) is 20.4. The van der Waals surface area contributed by atoms with E-state index in [0.29, 0.717) is 12.8 Å². The Morgan fingerprint density at radius 2 is 0.673 bits per heavy atom. The van der Waals surface area contributed by atoms with E-state index in [1.54, 1.807) is 6.08 Å². The maximum Gasteiger partial charge on any atom is 0.220 e. The molecule has 3 rings (SSSR count). The van der Waals surface area contributed by atoms with Gasteiger partial charge in [-0.1, -0.05) is 311 Å². The number of ether oxygens (including phenoxy) is 6. The van der Waals surface area contributed by atoms with Gasteiger partial charge in [0.2, 0.25) is 5.91 Å². The van der Waals surface area contributed by atoms with Crippen LogP contribution in [0.25, 0.3) is 0 Å². The molecule has 0 aromatic heterocycles. The van der Waals surface area contributed by atoms with Crippen LogP contribution in [0.15, 0.2) is 85.1 Å². The molecule has 0 aliphatic carbocycles. The summed E-state index contributed by atoms with van der Waals surface area (Å²) in [7, 11) is 0. The Morgan fingerprint density at radius 3 is 1.08 bits per heavy atom. The zero-order chi connectivity index (χ0) is 75.3. The summed E-state index contributed by atoms with van der Waals surface area (Å²) < 4.78 is 34.5. The Kier molecular flexibility index (Phi) is 59.3. The number of amides is 1. The molecule has 0 spiro atoms. The van der Waals surface area contributed by atoms with E-state index >= 15 is 0 Å². The molecule has 17 atom stereocenters. The predicted octanol–water partition coefficient (Wildman–Crippen LogP) is 14.6. The van der Waals surface area contributed by atoms with Crippen LogP contribution in [0.1, 0.15) is 316 Å². The minimum atomic E-state index is -1.99. The molecule has 0 radical (unpaired) electrons. The molecule has 3 aliphatic heterocycles. The normalized spacial score (nSPS) is 26.3. The minimum Gasteiger partial charge on any atom is -0.394 e. The first-order chi connectivity index (χ1) is 50.8. The lowest BCUT2D eigenvalue weighted by molar-refractivity contribution is -0.379. The van der Waals surface area contributed by atoms with Crippen LogP contribution in [0.5, 0.6) is 0 Å². The van der Waals surface area contributed by atoms with Crippen LogP contribution in [0.4, 0.5) is 0 Å². The van der Waals surface area contributed by atoms with Gasteiger partial charge in [0.05, 0.1) is 38.6 Å². The van der Waals surface area contributed by atoms with Crippen molar-refractivity contribution in [3.8, 4) is 0 Å². The molecule has 17 unspecified atom stereocenters. The van der Waals surface area contributed by atoms with Gasteiger partial charge in [-0.3, -0.25) is 4.79 Å². The number of unbranched alkanes of at least 4 members (excludes halogenated alkanes) is 38. The molecule has 19 heteroatoms. The first-order valence-corrected chi connectivity index (χ1v) is 41.8. The lowest BCUT2D eigenvalue weighted by Gasteiger charge is -2.48. The minimum absolute atomic E-state index is 0.229. The second-order valence-electron chi connectivity index (χ2n) is 29.5. The third-order valence-corrected chi connectivity index (χ3v) is 20.4. The largest absolute Gasteiger partial charge is 0.394 e. The van der Waals surface area contributed by atoms with E-state index in [1.807, 2.05) is 6.08 Å². The molecule has 19 nitrogen and oxygen atoms in total. The van der Waals surface area contributed by atoms with E-state index in [4.69, 9.17) is 28.4 Å². The molecule has 3 fully saturated rings. The lowest BCUT2D eigenvalue weighted by atomic mass is 9.96. The fraction of sp³-hybridized carbons (Fsp3) is 0.824. The zero-order valence-corrected chi connectivity index (χ0v) is 64.7. The molecule has 0 saturated carbocycles. The molecule has 3 heterocycles. The summed E-state index contributed by atoms with van der Waals surface area (Å²) >= 11 is 0. The Morgan fingerprint density at radius 1 is 0.356 bits per heavy atom. The highest BCUT2D eigenvalue weighted by Crippen LogP contribution is 2.33. The van der Waals surface area contributed by atoms with Crippen molar-refractivity contribution in [3.63, 3.8) is 0 Å². The maximum atomic E-state index is 13.5. The molecule has 0 aromatic rings. The van der Waals surface area contributed by atoms with Gasteiger partial charge in [0.1, 0.15) is 73.2 Å². The van der Waals surface area contributed by atoms with E-state index in [9.17, 15) is 61.0 Å². The summed E-state index contributed by atoms with van der Waals surface area (Å²) in [4.78, 5) is 13.5. The van der Waals surface area contributed by atoms with E-state index < -0.39 is 124 Å².